The van der Waals surface area contributed by atoms with Gasteiger partial charge in [0.1, 0.15) is 16.8 Å². The van der Waals surface area contributed by atoms with Gasteiger partial charge in [0.15, 0.2) is 0 Å². The second-order valence-corrected chi connectivity index (χ2v) is 6.09. The summed E-state index contributed by atoms with van der Waals surface area (Å²) in [6.45, 7) is 7.15. The summed E-state index contributed by atoms with van der Waals surface area (Å²) in [4.78, 5) is 21.5. The van der Waals surface area contributed by atoms with Crippen molar-refractivity contribution < 1.29 is 4.79 Å². The maximum Gasteiger partial charge on any atom is 0.316 e. The Morgan fingerprint density at radius 1 is 1.30 bits per heavy atom. The van der Waals surface area contributed by atoms with Gasteiger partial charge in [-0.05, 0) is 0 Å². The third-order valence-corrected chi connectivity index (χ3v) is 2.67. The van der Waals surface area contributed by atoms with Crippen molar-refractivity contribution >= 4 is 23.4 Å². The van der Waals surface area contributed by atoms with Crippen molar-refractivity contribution in [3.05, 3.63) is 17.0 Å². The van der Waals surface area contributed by atoms with Crippen molar-refractivity contribution in [1.82, 2.24) is 20.2 Å². The Morgan fingerprint density at radius 2 is 1.95 bits per heavy atom. The summed E-state index contributed by atoms with van der Waals surface area (Å²) in [6.07, 6.45) is 0. The van der Waals surface area contributed by atoms with Crippen LogP contribution in [0.15, 0.2) is 6.07 Å². The minimum atomic E-state index is -0.166. The normalized spacial score (nSPS) is 11.1. The van der Waals surface area contributed by atoms with E-state index in [4.69, 9.17) is 11.6 Å². The largest absolute Gasteiger partial charge is 0.368 e. The first kappa shape index (κ1) is 16.5. The molecule has 0 bridgehead atoms. The first-order valence-corrected chi connectivity index (χ1v) is 6.82. The van der Waals surface area contributed by atoms with E-state index in [1.165, 1.54) is 4.90 Å². The lowest BCUT2D eigenvalue weighted by Crippen LogP contribution is -2.37. The number of carbonyl (C=O) groups is 1. The third kappa shape index (κ3) is 5.21. The van der Waals surface area contributed by atoms with Crippen LogP contribution >= 0.6 is 11.6 Å². The van der Waals surface area contributed by atoms with Crippen LogP contribution in [0.1, 0.15) is 26.6 Å². The number of aromatic nitrogens is 2. The second-order valence-electron chi connectivity index (χ2n) is 5.70. The molecule has 0 aliphatic carbocycles. The number of nitrogens with one attached hydrogen (secondary N) is 2. The van der Waals surface area contributed by atoms with Crippen LogP contribution in [-0.2, 0) is 5.41 Å². The number of anilines is 1. The molecule has 0 aliphatic heterocycles. The summed E-state index contributed by atoms with van der Waals surface area (Å²) in [5, 5.41) is 6.29. The fraction of sp³-hybridized carbons (Fsp3) is 0.615. The van der Waals surface area contributed by atoms with E-state index in [1.807, 2.05) is 20.8 Å². The summed E-state index contributed by atoms with van der Waals surface area (Å²) in [7, 11) is 3.39. The zero-order chi connectivity index (χ0) is 15.3. The number of rotatable bonds is 4. The fourth-order valence-electron chi connectivity index (χ4n) is 1.36. The zero-order valence-corrected chi connectivity index (χ0v) is 13.4. The summed E-state index contributed by atoms with van der Waals surface area (Å²) >= 11 is 5.99. The number of amides is 2. The lowest BCUT2D eigenvalue weighted by molar-refractivity contribution is 0.218. The predicted octanol–water partition coefficient (Wildman–Crippen LogP) is 2.11. The maximum absolute atomic E-state index is 11.3. The molecule has 0 spiro atoms. The fourth-order valence-corrected chi connectivity index (χ4v) is 1.55. The summed E-state index contributed by atoms with van der Waals surface area (Å²) in [6, 6.07) is 1.55. The molecule has 0 saturated carbocycles. The van der Waals surface area contributed by atoms with Gasteiger partial charge in [0.05, 0.1) is 0 Å². The molecule has 7 heteroatoms. The minimum Gasteiger partial charge on any atom is -0.368 e. The average molecular weight is 300 g/mol. The Labute approximate surface area is 124 Å². The summed E-state index contributed by atoms with van der Waals surface area (Å²) < 4.78 is 0. The molecule has 0 unspecified atom stereocenters. The lowest BCUT2D eigenvalue weighted by atomic mass is 9.96. The first-order valence-electron chi connectivity index (χ1n) is 6.44. The molecular formula is C13H22ClN5O. The van der Waals surface area contributed by atoms with Crippen molar-refractivity contribution in [3.8, 4) is 0 Å². The van der Waals surface area contributed by atoms with Gasteiger partial charge < -0.3 is 15.5 Å². The quantitative estimate of drug-likeness (QED) is 0.660. The van der Waals surface area contributed by atoms with E-state index in [9.17, 15) is 4.79 Å². The van der Waals surface area contributed by atoms with Gasteiger partial charge >= 0.3 is 6.03 Å². The highest BCUT2D eigenvalue weighted by molar-refractivity contribution is 6.29. The van der Waals surface area contributed by atoms with Crippen LogP contribution in [0.5, 0.6) is 0 Å². The summed E-state index contributed by atoms with van der Waals surface area (Å²) in [5.74, 6) is 1.35. The zero-order valence-electron chi connectivity index (χ0n) is 12.6. The first-order chi connectivity index (χ1) is 9.20. The van der Waals surface area contributed by atoms with Crippen LogP contribution in [-0.4, -0.2) is 48.1 Å². The average Bonchev–Trinajstić information content (AvgIpc) is 2.32. The van der Waals surface area contributed by atoms with Gasteiger partial charge in [-0.25, -0.2) is 14.8 Å². The lowest BCUT2D eigenvalue weighted by Gasteiger charge is -2.18. The Morgan fingerprint density at radius 3 is 2.50 bits per heavy atom. The molecule has 6 nitrogen and oxygen atoms in total. The highest BCUT2D eigenvalue weighted by Gasteiger charge is 2.18. The predicted molar refractivity (Wildman–Crippen MR) is 81.3 cm³/mol. The molecule has 20 heavy (non-hydrogen) atoms. The van der Waals surface area contributed by atoms with Crippen LogP contribution in [0.25, 0.3) is 0 Å². The van der Waals surface area contributed by atoms with Gasteiger partial charge in [-0.1, -0.05) is 32.4 Å². The smallest absolute Gasteiger partial charge is 0.316 e. The summed E-state index contributed by atoms with van der Waals surface area (Å²) in [5.41, 5.74) is -0.166. The van der Waals surface area contributed by atoms with E-state index < -0.39 is 0 Å². The van der Waals surface area contributed by atoms with Gasteiger partial charge in [-0.2, -0.15) is 0 Å². The standard InChI is InChI=1S/C13H22ClN5O/c1-13(2,3)11-17-9(14)8-10(18-11)15-6-7-16-12(20)19(4)5/h8H,6-7H2,1-5H3,(H,16,20)(H,15,17,18). The van der Waals surface area contributed by atoms with Gasteiger partial charge in [0.25, 0.3) is 0 Å². The highest BCUT2D eigenvalue weighted by Crippen LogP contribution is 2.21. The Hall–Kier alpha value is -1.56. The number of hydrogen-bond acceptors (Lipinski definition) is 4. The van der Waals surface area contributed by atoms with Gasteiger partial charge in [0.2, 0.25) is 0 Å². The van der Waals surface area contributed by atoms with E-state index in [0.29, 0.717) is 29.9 Å². The number of urea groups is 1. The number of halogens is 1. The monoisotopic (exact) mass is 299 g/mol. The van der Waals surface area contributed by atoms with E-state index >= 15 is 0 Å². The van der Waals surface area contributed by atoms with Crippen molar-refractivity contribution in [2.24, 2.45) is 0 Å². The molecule has 112 valence electrons. The molecule has 1 rings (SSSR count). The van der Waals surface area contributed by atoms with Gasteiger partial charge in [0, 0.05) is 38.7 Å². The van der Waals surface area contributed by atoms with Gasteiger partial charge in [-0.15, -0.1) is 0 Å². The van der Waals surface area contributed by atoms with E-state index in [-0.39, 0.29) is 11.4 Å². The number of hydrogen-bond donors (Lipinski definition) is 2. The maximum atomic E-state index is 11.3. The third-order valence-electron chi connectivity index (χ3n) is 2.48. The molecule has 0 aliphatic rings. The van der Waals surface area contributed by atoms with Gasteiger partial charge in [-0.3, -0.25) is 0 Å². The van der Waals surface area contributed by atoms with Crippen LogP contribution in [0.4, 0.5) is 10.6 Å². The second kappa shape index (κ2) is 6.74. The molecule has 1 aromatic rings. The SMILES string of the molecule is CN(C)C(=O)NCCNc1cc(Cl)nc(C(C)(C)C)n1. The van der Waals surface area contributed by atoms with Crippen molar-refractivity contribution in [3.63, 3.8) is 0 Å². The Balaban J connectivity index is 2.56. The van der Waals surface area contributed by atoms with Crippen LogP contribution < -0.4 is 10.6 Å². The highest BCUT2D eigenvalue weighted by atomic mass is 35.5. The van der Waals surface area contributed by atoms with E-state index in [1.54, 1.807) is 20.2 Å². The van der Waals surface area contributed by atoms with E-state index in [2.05, 4.69) is 20.6 Å². The molecule has 1 heterocycles. The molecule has 0 radical (unpaired) electrons. The van der Waals surface area contributed by atoms with Crippen LogP contribution in [0.3, 0.4) is 0 Å². The molecule has 0 fully saturated rings. The van der Waals surface area contributed by atoms with Crippen molar-refractivity contribution in [2.45, 2.75) is 26.2 Å². The number of carbonyl (C=O) groups excluding carboxylic acids is 1. The Kier molecular flexibility index (Phi) is 5.56. The topological polar surface area (TPSA) is 70.2 Å². The van der Waals surface area contributed by atoms with Crippen LogP contribution in [0.2, 0.25) is 5.15 Å². The van der Waals surface area contributed by atoms with Crippen molar-refractivity contribution in [1.29, 1.82) is 0 Å². The van der Waals surface area contributed by atoms with E-state index in [0.717, 1.165) is 0 Å². The molecule has 0 saturated heterocycles. The minimum absolute atomic E-state index is 0.122. The van der Waals surface area contributed by atoms with Crippen LogP contribution in [0, 0.1) is 0 Å². The van der Waals surface area contributed by atoms with Crippen molar-refractivity contribution in [2.75, 3.05) is 32.5 Å². The molecule has 2 N–H and O–H groups in total. The number of nitrogens with zero attached hydrogens (tertiary/aromatic N) is 3. The molecule has 0 atom stereocenters. The molecular weight excluding hydrogens is 278 g/mol. The molecule has 0 aromatic carbocycles. The Bertz CT molecular complexity index is 470. The molecule has 2 amide bonds. The molecule has 1 aromatic heterocycles.